The van der Waals surface area contributed by atoms with Gasteiger partial charge in [0.05, 0.1) is 6.54 Å². The van der Waals surface area contributed by atoms with Crippen LogP contribution in [0.5, 0.6) is 0 Å². The number of halogens is 2. The Balaban J connectivity index is 1.92. The Bertz CT molecular complexity index is 362. The highest BCUT2D eigenvalue weighted by Crippen LogP contribution is 2.39. The zero-order chi connectivity index (χ0) is 12.3. The molecule has 1 aromatic rings. The van der Waals surface area contributed by atoms with E-state index in [9.17, 15) is 8.78 Å². The number of imidazole rings is 1. The standard InChI is InChI=1S/C12H19F2N3/c1-2-15-8-11-16-5-6-17(11)9-10-3-4-12(13,14)7-10/h5-6,10,15H,2-4,7-9H2,1H3. The zero-order valence-corrected chi connectivity index (χ0v) is 10.1. The smallest absolute Gasteiger partial charge is 0.248 e. The quantitative estimate of drug-likeness (QED) is 0.860. The minimum absolute atomic E-state index is 0.0197. The Morgan fingerprint density at radius 1 is 1.59 bits per heavy atom. The number of nitrogens with zero attached hydrogens (tertiary/aromatic N) is 2. The van der Waals surface area contributed by atoms with Crippen LogP contribution < -0.4 is 5.32 Å². The van der Waals surface area contributed by atoms with Gasteiger partial charge in [-0.1, -0.05) is 6.92 Å². The van der Waals surface area contributed by atoms with E-state index in [1.807, 2.05) is 17.7 Å². The molecule has 5 heteroatoms. The molecule has 1 aromatic heterocycles. The first kappa shape index (κ1) is 12.5. The average molecular weight is 243 g/mol. The van der Waals surface area contributed by atoms with E-state index in [1.54, 1.807) is 6.20 Å². The molecule has 0 aliphatic heterocycles. The summed E-state index contributed by atoms with van der Waals surface area (Å²) in [5, 5.41) is 3.20. The molecule has 0 aromatic carbocycles. The lowest BCUT2D eigenvalue weighted by Crippen LogP contribution is -2.19. The Hall–Kier alpha value is -0.970. The molecule has 1 atom stereocenters. The second-order valence-corrected chi connectivity index (χ2v) is 4.74. The molecule has 0 amide bonds. The maximum Gasteiger partial charge on any atom is 0.248 e. The van der Waals surface area contributed by atoms with Crippen LogP contribution in [0.1, 0.15) is 32.0 Å². The van der Waals surface area contributed by atoms with E-state index in [4.69, 9.17) is 0 Å². The van der Waals surface area contributed by atoms with Gasteiger partial charge in [-0.15, -0.1) is 0 Å². The molecule has 1 heterocycles. The Morgan fingerprint density at radius 2 is 2.41 bits per heavy atom. The average Bonchev–Trinajstić information content (AvgIpc) is 2.83. The van der Waals surface area contributed by atoms with Gasteiger partial charge in [-0.3, -0.25) is 0 Å². The van der Waals surface area contributed by atoms with Crippen molar-refractivity contribution in [3.05, 3.63) is 18.2 Å². The number of rotatable bonds is 5. The van der Waals surface area contributed by atoms with Crippen LogP contribution in [0.4, 0.5) is 8.78 Å². The number of hydrogen-bond acceptors (Lipinski definition) is 2. The second kappa shape index (κ2) is 5.12. The number of hydrogen-bond donors (Lipinski definition) is 1. The summed E-state index contributed by atoms with van der Waals surface area (Å²) in [5.41, 5.74) is 0. The normalized spacial score (nSPS) is 23.1. The fourth-order valence-corrected chi connectivity index (χ4v) is 2.39. The second-order valence-electron chi connectivity index (χ2n) is 4.74. The van der Waals surface area contributed by atoms with Gasteiger partial charge < -0.3 is 9.88 Å². The lowest BCUT2D eigenvalue weighted by molar-refractivity contribution is 0.00432. The molecular weight excluding hydrogens is 224 g/mol. The minimum atomic E-state index is -2.45. The van der Waals surface area contributed by atoms with Crippen LogP contribution in [-0.4, -0.2) is 22.0 Å². The summed E-state index contributed by atoms with van der Waals surface area (Å²) in [7, 11) is 0. The van der Waals surface area contributed by atoms with Crippen LogP contribution in [-0.2, 0) is 13.1 Å². The predicted molar refractivity (Wildman–Crippen MR) is 61.9 cm³/mol. The predicted octanol–water partition coefficient (Wildman–Crippen LogP) is 2.43. The third kappa shape index (κ3) is 3.25. The molecule has 0 saturated heterocycles. The van der Waals surface area contributed by atoms with Crippen LogP contribution in [0.25, 0.3) is 0 Å². The number of nitrogens with one attached hydrogen (secondary N) is 1. The molecular formula is C12H19F2N3. The molecule has 0 radical (unpaired) electrons. The highest BCUT2D eigenvalue weighted by atomic mass is 19.3. The van der Waals surface area contributed by atoms with Crippen LogP contribution in [0, 0.1) is 5.92 Å². The summed E-state index contributed by atoms with van der Waals surface area (Å²) >= 11 is 0. The summed E-state index contributed by atoms with van der Waals surface area (Å²) in [5.74, 6) is -1.44. The zero-order valence-electron chi connectivity index (χ0n) is 10.1. The fraction of sp³-hybridized carbons (Fsp3) is 0.750. The van der Waals surface area contributed by atoms with Crippen molar-refractivity contribution in [2.45, 2.75) is 45.2 Å². The summed E-state index contributed by atoms with van der Waals surface area (Å²) in [6.07, 6.45) is 4.29. The molecule has 1 unspecified atom stereocenters. The fourth-order valence-electron chi connectivity index (χ4n) is 2.39. The van der Waals surface area contributed by atoms with Crippen molar-refractivity contribution in [2.24, 2.45) is 5.92 Å². The maximum absolute atomic E-state index is 13.1. The third-order valence-electron chi connectivity index (χ3n) is 3.30. The largest absolute Gasteiger partial charge is 0.334 e. The SMILES string of the molecule is CCNCc1nccn1CC1CCC(F)(F)C1. The van der Waals surface area contributed by atoms with Crippen molar-refractivity contribution in [3.8, 4) is 0 Å². The van der Waals surface area contributed by atoms with Crippen molar-refractivity contribution < 1.29 is 8.78 Å². The summed E-state index contributed by atoms with van der Waals surface area (Å²) < 4.78 is 28.2. The van der Waals surface area contributed by atoms with Crippen molar-refractivity contribution in [1.29, 1.82) is 0 Å². The van der Waals surface area contributed by atoms with E-state index in [2.05, 4.69) is 10.3 Å². The lowest BCUT2D eigenvalue weighted by atomic mass is 10.1. The summed E-state index contributed by atoms with van der Waals surface area (Å²) in [6.45, 7) is 4.28. The molecule has 0 bridgehead atoms. The molecule has 0 spiro atoms. The van der Waals surface area contributed by atoms with Crippen molar-refractivity contribution in [1.82, 2.24) is 14.9 Å². The number of aromatic nitrogens is 2. The van der Waals surface area contributed by atoms with Gasteiger partial charge in [0, 0.05) is 31.8 Å². The Morgan fingerprint density at radius 3 is 3.06 bits per heavy atom. The van der Waals surface area contributed by atoms with Crippen molar-refractivity contribution in [3.63, 3.8) is 0 Å². The van der Waals surface area contributed by atoms with Gasteiger partial charge in [0.2, 0.25) is 5.92 Å². The first-order valence-corrected chi connectivity index (χ1v) is 6.19. The molecule has 1 saturated carbocycles. The first-order valence-electron chi connectivity index (χ1n) is 6.19. The topological polar surface area (TPSA) is 29.9 Å². The molecule has 1 fully saturated rings. The van der Waals surface area contributed by atoms with E-state index in [1.165, 1.54) is 0 Å². The van der Waals surface area contributed by atoms with Gasteiger partial charge in [0.1, 0.15) is 5.82 Å². The highest BCUT2D eigenvalue weighted by molar-refractivity contribution is 4.93. The Labute approximate surface area is 100 Å². The molecule has 3 nitrogen and oxygen atoms in total. The molecule has 17 heavy (non-hydrogen) atoms. The number of alkyl halides is 2. The summed E-state index contributed by atoms with van der Waals surface area (Å²) in [4.78, 5) is 4.25. The van der Waals surface area contributed by atoms with Crippen molar-refractivity contribution in [2.75, 3.05) is 6.54 Å². The highest BCUT2D eigenvalue weighted by Gasteiger charge is 2.39. The van der Waals surface area contributed by atoms with E-state index in [0.29, 0.717) is 19.5 Å². The minimum Gasteiger partial charge on any atom is -0.334 e. The van der Waals surface area contributed by atoms with Gasteiger partial charge in [-0.25, -0.2) is 13.8 Å². The van der Waals surface area contributed by atoms with E-state index < -0.39 is 5.92 Å². The van der Waals surface area contributed by atoms with Gasteiger partial charge in [-0.2, -0.15) is 0 Å². The van der Waals surface area contributed by atoms with Crippen LogP contribution >= 0.6 is 0 Å². The first-order chi connectivity index (χ1) is 8.11. The Kier molecular flexibility index (Phi) is 3.76. The van der Waals surface area contributed by atoms with E-state index in [-0.39, 0.29) is 18.8 Å². The van der Waals surface area contributed by atoms with Crippen LogP contribution in [0.3, 0.4) is 0 Å². The molecule has 1 aliphatic carbocycles. The van der Waals surface area contributed by atoms with Crippen molar-refractivity contribution >= 4 is 0 Å². The maximum atomic E-state index is 13.1. The molecule has 1 aliphatic rings. The van der Waals surface area contributed by atoms with Gasteiger partial charge in [0.15, 0.2) is 0 Å². The van der Waals surface area contributed by atoms with Gasteiger partial charge in [-0.05, 0) is 18.9 Å². The van der Waals surface area contributed by atoms with E-state index in [0.717, 1.165) is 12.4 Å². The third-order valence-corrected chi connectivity index (χ3v) is 3.30. The molecule has 2 rings (SSSR count). The monoisotopic (exact) mass is 243 g/mol. The van der Waals surface area contributed by atoms with Gasteiger partial charge in [0.25, 0.3) is 0 Å². The van der Waals surface area contributed by atoms with Crippen LogP contribution in [0.2, 0.25) is 0 Å². The van der Waals surface area contributed by atoms with Crippen LogP contribution in [0.15, 0.2) is 12.4 Å². The van der Waals surface area contributed by atoms with E-state index >= 15 is 0 Å². The summed E-state index contributed by atoms with van der Waals surface area (Å²) in [6, 6.07) is 0. The molecule has 96 valence electrons. The molecule has 1 N–H and O–H groups in total. The van der Waals surface area contributed by atoms with Gasteiger partial charge >= 0.3 is 0 Å². The lowest BCUT2D eigenvalue weighted by Gasteiger charge is -2.13.